The highest BCUT2D eigenvalue weighted by Gasteiger charge is 2.17. The van der Waals surface area contributed by atoms with Crippen LogP contribution in [0, 0.1) is 0 Å². The Hall–Kier alpha value is -1.27. The highest BCUT2D eigenvalue weighted by molar-refractivity contribution is 7.92. The molecule has 0 saturated carbocycles. The van der Waals surface area contributed by atoms with Crippen molar-refractivity contribution in [1.29, 1.82) is 0 Å². The molecule has 5 nitrogen and oxygen atoms in total. The van der Waals surface area contributed by atoms with Crippen molar-refractivity contribution in [1.82, 2.24) is 0 Å². The average Bonchev–Trinajstić information content (AvgIpc) is 2.14. The molecule has 0 radical (unpaired) electrons. The Balaban J connectivity index is 3.06. The lowest BCUT2D eigenvalue weighted by Crippen LogP contribution is -2.11. The van der Waals surface area contributed by atoms with Crippen LogP contribution in [0.5, 0.6) is 0 Å². The van der Waals surface area contributed by atoms with E-state index in [1.165, 1.54) is 25.1 Å². The maximum Gasteiger partial charge on any atom is 0.310 e. The van der Waals surface area contributed by atoms with Gasteiger partial charge in [0.05, 0.1) is 12.2 Å². The minimum atomic E-state index is -3.37. The monoisotopic (exact) mass is 277 g/mol. The van der Waals surface area contributed by atoms with E-state index >= 15 is 0 Å². The summed E-state index contributed by atoms with van der Waals surface area (Å²) in [7, 11) is -3.37. The summed E-state index contributed by atoms with van der Waals surface area (Å²) in [5.74, 6) is -1.73. The molecule has 1 atom stereocenters. The molecule has 0 aliphatic carbocycles. The highest BCUT2D eigenvalue weighted by atomic mass is 35.5. The zero-order chi connectivity index (χ0) is 13.2. The van der Waals surface area contributed by atoms with Gasteiger partial charge in [-0.25, -0.2) is 8.42 Å². The molecule has 0 aliphatic rings. The van der Waals surface area contributed by atoms with E-state index in [9.17, 15) is 13.2 Å². The number of halogens is 1. The summed E-state index contributed by atoms with van der Waals surface area (Å²) < 4.78 is 24.2. The zero-order valence-electron chi connectivity index (χ0n) is 9.27. The summed E-state index contributed by atoms with van der Waals surface area (Å²) in [6.45, 7) is 1.51. The molecule has 0 bridgehead atoms. The first-order chi connectivity index (χ1) is 7.70. The van der Waals surface area contributed by atoms with Crippen LogP contribution in [0.2, 0.25) is 5.02 Å². The highest BCUT2D eigenvalue weighted by Crippen LogP contribution is 2.27. The largest absolute Gasteiger partial charge is 0.481 e. The Kier molecular flexibility index (Phi) is 4.00. The lowest BCUT2D eigenvalue weighted by molar-refractivity contribution is -0.138. The van der Waals surface area contributed by atoms with Crippen LogP contribution in [0.25, 0.3) is 0 Å². The smallest absolute Gasteiger partial charge is 0.310 e. The van der Waals surface area contributed by atoms with Crippen molar-refractivity contribution in [3.8, 4) is 0 Å². The first-order valence-electron chi connectivity index (χ1n) is 4.71. The second-order valence-electron chi connectivity index (χ2n) is 3.67. The number of rotatable bonds is 4. The van der Waals surface area contributed by atoms with Gasteiger partial charge in [0.1, 0.15) is 0 Å². The lowest BCUT2D eigenvalue weighted by atomic mass is 10.0. The van der Waals surface area contributed by atoms with Crippen molar-refractivity contribution in [3.63, 3.8) is 0 Å². The molecule has 1 unspecified atom stereocenters. The first-order valence-corrected chi connectivity index (χ1v) is 6.97. The van der Waals surface area contributed by atoms with Crippen molar-refractivity contribution in [2.24, 2.45) is 0 Å². The molecule has 0 spiro atoms. The maximum absolute atomic E-state index is 11.0. The predicted octanol–water partition coefficient (Wildman–Crippen LogP) is 1.90. The number of aliphatic carboxylic acids is 1. The maximum atomic E-state index is 11.0. The van der Waals surface area contributed by atoms with E-state index in [0.717, 1.165) is 6.26 Å². The number of nitrogens with one attached hydrogen (secondary N) is 1. The van der Waals surface area contributed by atoms with Crippen LogP contribution in [-0.4, -0.2) is 25.7 Å². The number of hydrogen-bond donors (Lipinski definition) is 2. The average molecular weight is 278 g/mol. The summed E-state index contributed by atoms with van der Waals surface area (Å²) in [6.07, 6.45) is 1.02. The van der Waals surface area contributed by atoms with Crippen molar-refractivity contribution < 1.29 is 18.3 Å². The lowest BCUT2D eigenvalue weighted by Gasteiger charge is -2.11. The van der Waals surface area contributed by atoms with Gasteiger partial charge in [0.25, 0.3) is 0 Å². The molecule has 0 fully saturated rings. The number of anilines is 1. The molecule has 1 aromatic carbocycles. The SMILES string of the molecule is CC(C(=O)O)c1ccc(NS(C)(=O)=O)cc1Cl. The van der Waals surface area contributed by atoms with Crippen molar-refractivity contribution in [3.05, 3.63) is 28.8 Å². The van der Waals surface area contributed by atoms with Crippen molar-refractivity contribution in [2.45, 2.75) is 12.8 Å². The molecule has 7 heteroatoms. The van der Waals surface area contributed by atoms with Gasteiger partial charge in [-0.15, -0.1) is 0 Å². The quantitative estimate of drug-likeness (QED) is 0.880. The Morgan fingerprint density at radius 2 is 2.06 bits per heavy atom. The molecule has 0 aliphatic heterocycles. The number of carboxylic acid groups (broad SMARTS) is 1. The summed E-state index contributed by atoms with van der Waals surface area (Å²) in [6, 6.07) is 4.35. The predicted molar refractivity (Wildman–Crippen MR) is 66.0 cm³/mol. The van der Waals surface area contributed by atoms with Crippen LogP contribution >= 0.6 is 11.6 Å². The van der Waals surface area contributed by atoms with Crippen molar-refractivity contribution >= 4 is 33.3 Å². The van der Waals surface area contributed by atoms with E-state index in [1.54, 1.807) is 0 Å². The standard InChI is InChI=1S/C10H12ClNO4S/c1-6(10(13)14)8-4-3-7(5-9(8)11)12-17(2,15)16/h3-6,12H,1-2H3,(H,13,14). The molecular weight excluding hydrogens is 266 g/mol. The molecule has 1 rings (SSSR count). The molecule has 0 amide bonds. The normalized spacial score (nSPS) is 13.1. The second kappa shape index (κ2) is 4.93. The first kappa shape index (κ1) is 13.8. The number of carboxylic acids is 1. The van der Waals surface area contributed by atoms with Crippen molar-refractivity contribution in [2.75, 3.05) is 11.0 Å². The fourth-order valence-electron chi connectivity index (χ4n) is 1.29. The molecular formula is C10H12ClNO4S. The Labute approximate surface area is 104 Å². The molecule has 17 heavy (non-hydrogen) atoms. The third-order valence-corrected chi connectivity index (χ3v) is 3.07. The number of hydrogen-bond acceptors (Lipinski definition) is 3. The van der Waals surface area contributed by atoms with Gasteiger partial charge in [-0.3, -0.25) is 9.52 Å². The van der Waals surface area contributed by atoms with E-state index in [2.05, 4.69) is 4.72 Å². The summed E-state index contributed by atoms with van der Waals surface area (Å²) in [5.41, 5.74) is 0.747. The molecule has 1 aromatic rings. The van der Waals surface area contributed by atoms with Gasteiger partial charge >= 0.3 is 5.97 Å². The Morgan fingerprint density at radius 3 is 2.47 bits per heavy atom. The van der Waals surface area contributed by atoms with Crippen LogP contribution in [0.15, 0.2) is 18.2 Å². The molecule has 0 aromatic heterocycles. The van der Waals surface area contributed by atoms with Gasteiger partial charge in [0.15, 0.2) is 0 Å². The van der Waals surface area contributed by atoms with Gasteiger partial charge in [-0.2, -0.15) is 0 Å². The Bertz CT molecular complexity index is 541. The van der Waals surface area contributed by atoms with Crippen LogP contribution in [-0.2, 0) is 14.8 Å². The third kappa shape index (κ3) is 3.90. The van der Waals surface area contributed by atoms with E-state index < -0.39 is 21.9 Å². The third-order valence-electron chi connectivity index (χ3n) is 2.14. The number of sulfonamides is 1. The number of benzene rings is 1. The topological polar surface area (TPSA) is 83.5 Å². The van der Waals surface area contributed by atoms with Gasteiger partial charge < -0.3 is 5.11 Å². The van der Waals surface area contributed by atoms with Crippen LogP contribution in [0.1, 0.15) is 18.4 Å². The fourth-order valence-corrected chi connectivity index (χ4v) is 2.19. The van der Waals surface area contributed by atoms with Crippen LogP contribution in [0.4, 0.5) is 5.69 Å². The van der Waals surface area contributed by atoms with Gasteiger partial charge in [-0.05, 0) is 24.6 Å². The summed E-state index contributed by atoms with van der Waals surface area (Å²) in [5, 5.41) is 9.06. The fraction of sp³-hybridized carbons (Fsp3) is 0.300. The van der Waals surface area contributed by atoms with Gasteiger partial charge in [0.2, 0.25) is 10.0 Å². The summed E-state index contributed by atoms with van der Waals surface area (Å²) in [4.78, 5) is 10.8. The molecule has 94 valence electrons. The van der Waals surface area contributed by atoms with Gasteiger partial charge in [0, 0.05) is 10.7 Å². The second-order valence-corrected chi connectivity index (χ2v) is 5.83. The molecule has 2 N–H and O–H groups in total. The van der Waals surface area contributed by atoms with E-state index in [0.29, 0.717) is 11.3 Å². The Morgan fingerprint density at radius 1 is 1.47 bits per heavy atom. The molecule has 0 heterocycles. The van der Waals surface area contributed by atoms with Crippen LogP contribution in [0.3, 0.4) is 0 Å². The zero-order valence-corrected chi connectivity index (χ0v) is 10.8. The minimum absolute atomic E-state index is 0.216. The van der Waals surface area contributed by atoms with Crippen LogP contribution < -0.4 is 4.72 Å². The van der Waals surface area contributed by atoms with E-state index in [-0.39, 0.29) is 5.02 Å². The number of carbonyl (C=O) groups is 1. The van der Waals surface area contributed by atoms with E-state index in [4.69, 9.17) is 16.7 Å². The van der Waals surface area contributed by atoms with Gasteiger partial charge in [-0.1, -0.05) is 17.7 Å². The summed E-state index contributed by atoms with van der Waals surface area (Å²) >= 11 is 5.90. The minimum Gasteiger partial charge on any atom is -0.481 e. The molecule has 0 saturated heterocycles. The van der Waals surface area contributed by atoms with E-state index in [1.807, 2.05) is 0 Å².